The van der Waals surface area contributed by atoms with Gasteiger partial charge in [-0.2, -0.15) is 5.10 Å². The van der Waals surface area contributed by atoms with E-state index in [-0.39, 0.29) is 0 Å². The van der Waals surface area contributed by atoms with Crippen LogP contribution in [0.3, 0.4) is 0 Å². The summed E-state index contributed by atoms with van der Waals surface area (Å²) in [4.78, 5) is 0. The predicted octanol–water partition coefficient (Wildman–Crippen LogP) is 0.326. The van der Waals surface area contributed by atoms with E-state index in [2.05, 4.69) is 37.4 Å². The van der Waals surface area contributed by atoms with Gasteiger partial charge in [-0.15, -0.1) is 10.2 Å². The van der Waals surface area contributed by atoms with Gasteiger partial charge in [-0.3, -0.25) is 0 Å². The molecule has 0 fully saturated rings. The molecule has 0 saturated heterocycles. The van der Waals surface area contributed by atoms with Crippen LogP contribution < -0.4 is 10.6 Å². The van der Waals surface area contributed by atoms with Crippen LogP contribution in [0.2, 0.25) is 0 Å². The van der Waals surface area contributed by atoms with Gasteiger partial charge in [-0.25, -0.2) is 4.68 Å². The summed E-state index contributed by atoms with van der Waals surface area (Å²) in [6.07, 6.45) is 3.61. The summed E-state index contributed by atoms with van der Waals surface area (Å²) in [5, 5.41) is 19.2. The van der Waals surface area contributed by atoms with Gasteiger partial charge in [0.25, 0.3) is 0 Å². The average Bonchev–Trinajstić information content (AvgIpc) is 3.06. The largest absolute Gasteiger partial charge is 0.370 e. The number of hydrogen-bond donors (Lipinski definition) is 2. The fourth-order valence-corrected chi connectivity index (χ4v) is 2.39. The molecule has 0 bridgehead atoms. The second kappa shape index (κ2) is 5.40. The van der Waals surface area contributed by atoms with Crippen molar-refractivity contribution in [2.45, 2.75) is 26.6 Å². The van der Waals surface area contributed by atoms with E-state index in [1.54, 1.807) is 6.33 Å². The van der Waals surface area contributed by atoms with Crippen LogP contribution in [0.15, 0.2) is 18.6 Å². The zero-order valence-electron chi connectivity index (χ0n) is 11.1. The van der Waals surface area contributed by atoms with Crippen molar-refractivity contribution in [3.8, 4) is 0 Å². The zero-order valence-corrected chi connectivity index (χ0v) is 11.1. The maximum atomic E-state index is 4.29. The number of fused-ring (bicyclic) bond motifs is 1. The van der Waals surface area contributed by atoms with Crippen LogP contribution in [0.5, 0.6) is 0 Å². The highest BCUT2D eigenvalue weighted by Crippen LogP contribution is 2.15. The lowest BCUT2D eigenvalue weighted by Crippen LogP contribution is -2.35. The van der Waals surface area contributed by atoms with Gasteiger partial charge in [0, 0.05) is 38.2 Å². The minimum Gasteiger partial charge on any atom is -0.370 e. The van der Waals surface area contributed by atoms with Crippen molar-refractivity contribution in [3.63, 3.8) is 0 Å². The maximum absolute atomic E-state index is 4.29. The van der Waals surface area contributed by atoms with E-state index in [4.69, 9.17) is 0 Å². The van der Waals surface area contributed by atoms with Crippen LogP contribution in [0.1, 0.15) is 12.7 Å². The predicted molar refractivity (Wildman–Crippen MR) is 71.6 cm³/mol. The van der Waals surface area contributed by atoms with Gasteiger partial charge in [-0.05, 0) is 6.92 Å². The molecule has 0 radical (unpaired) electrons. The van der Waals surface area contributed by atoms with Crippen molar-refractivity contribution in [1.29, 1.82) is 0 Å². The monoisotopic (exact) mass is 261 g/mol. The summed E-state index contributed by atoms with van der Waals surface area (Å²) in [5.41, 5.74) is 0. The Morgan fingerprint density at radius 2 is 2.47 bits per heavy atom. The first-order valence-corrected chi connectivity index (χ1v) is 6.70. The summed E-state index contributed by atoms with van der Waals surface area (Å²) in [5.74, 6) is 2.65. The molecule has 2 aromatic rings. The first kappa shape index (κ1) is 12.2. The number of aryl methyl sites for hydroxylation is 1. The summed E-state index contributed by atoms with van der Waals surface area (Å²) >= 11 is 0. The molecule has 0 saturated carbocycles. The van der Waals surface area contributed by atoms with Gasteiger partial charge in [0.1, 0.15) is 18.0 Å². The molecule has 7 nitrogen and oxygen atoms in total. The lowest BCUT2D eigenvalue weighted by molar-refractivity contribution is 0.388. The number of nitrogens with zero attached hydrogens (tertiary/aromatic N) is 5. The minimum atomic E-state index is 0.547. The summed E-state index contributed by atoms with van der Waals surface area (Å²) in [7, 11) is 0. The van der Waals surface area contributed by atoms with Crippen LogP contribution in [-0.2, 0) is 19.6 Å². The van der Waals surface area contributed by atoms with Crippen molar-refractivity contribution in [2.75, 3.05) is 18.4 Å². The Morgan fingerprint density at radius 1 is 1.53 bits per heavy atom. The second-order valence-electron chi connectivity index (χ2n) is 4.81. The number of hydrogen-bond acceptors (Lipinski definition) is 5. The first-order chi connectivity index (χ1) is 9.36. The first-order valence-electron chi connectivity index (χ1n) is 6.70. The smallest absolute Gasteiger partial charge is 0.146 e. The Morgan fingerprint density at radius 3 is 3.37 bits per heavy atom. The molecule has 0 spiro atoms. The van der Waals surface area contributed by atoms with E-state index in [9.17, 15) is 0 Å². The minimum absolute atomic E-state index is 0.547. The van der Waals surface area contributed by atoms with Gasteiger partial charge in [0.05, 0.1) is 12.7 Å². The van der Waals surface area contributed by atoms with Crippen LogP contribution in [-0.4, -0.2) is 37.6 Å². The van der Waals surface area contributed by atoms with Gasteiger partial charge in [-0.1, -0.05) is 0 Å². The molecule has 1 aliphatic heterocycles. The fraction of sp³-hybridized carbons (Fsp3) is 0.583. The second-order valence-corrected chi connectivity index (χ2v) is 4.81. The topological polar surface area (TPSA) is 72.6 Å². The van der Waals surface area contributed by atoms with Crippen molar-refractivity contribution < 1.29 is 0 Å². The third-order valence-corrected chi connectivity index (χ3v) is 3.47. The van der Waals surface area contributed by atoms with Gasteiger partial charge in [0.2, 0.25) is 0 Å². The molecule has 19 heavy (non-hydrogen) atoms. The van der Waals surface area contributed by atoms with Crippen LogP contribution >= 0.6 is 0 Å². The Bertz CT molecular complexity index is 530. The number of nitrogens with one attached hydrogen (secondary N) is 2. The Kier molecular flexibility index (Phi) is 3.45. The quantitative estimate of drug-likeness (QED) is 0.811. The molecule has 3 rings (SSSR count). The standard InChI is InChI=1S/C12H19N7/c1-2-18-9-15-17-12(18)7-13-5-10-6-14-11-3-4-16-19(11)8-10/h3-4,9-10,13-14H,2,5-8H2,1H3/t10-/m1/s1. The van der Waals surface area contributed by atoms with Gasteiger partial charge >= 0.3 is 0 Å². The van der Waals surface area contributed by atoms with Crippen molar-refractivity contribution >= 4 is 5.82 Å². The van der Waals surface area contributed by atoms with Gasteiger partial charge < -0.3 is 15.2 Å². The van der Waals surface area contributed by atoms with Crippen molar-refractivity contribution in [2.24, 2.45) is 5.92 Å². The van der Waals surface area contributed by atoms with Crippen LogP contribution in [0, 0.1) is 5.92 Å². The zero-order chi connectivity index (χ0) is 13.1. The highest BCUT2D eigenvalue weighted by molar-refractivity contribution is 5.35. The highest BCUT2D eigenvalue weighted by Gasteiger charge is 2.17. The van der Waals surface area contributed by atoms with E-state index in [0.717, 1.165) is 44.4 Å². The van der Waals surface area contributed by atoms with E-state index < -0.39 is 0 Å². The van der Waals surface area contributed by atoms with E-state index in [0.29, 0.717) is 5.92 Å². The van der Waals surface area contributed by atoms with E-state index >= 15 is 0 Å². The van der Waals surface area contributed by atoms with E-state index in [1.807, 2.05) is 16.9 Å². The molecule has 0 aromatic carbocycles. The Balaban J connectivity index is 1.49. The molecular weight excluding hydrogens is 242 g/mol. The van der Waals surface area contributed by atoms with Crippen molar-refractivity contribution in [3.05, 3.63) is 24.4 Å². The Hall–Kier alpha value is -1.89. The van der Waals surface area contributed by atoms with Crippen LogP contribution in [0.4, 0.5) is 5.82 Å². The molecule has 102 valence electrons. The molecular formula is C12H19N7. The molecule has 3 heterocycles. The van der Waals surface area contributed by atoms with Gasteiger partial charge in [0.15, 0.2) is 0 Å². The van der Waals surface area contributed by atoms with Crippen LogP contribution in [0.25, 0.3) is 0 Å². The number of aromatic nitrogens is 5. The molecule has 2 aromatic heterocycles. The number of anilines is 1. The maximum Gasteiger partial charge on any atom is 0.146 e. The Labute approximate surface area is 112 Å². The highest BCUT2D eigenvalue weighted by atomic mass is 15.3. The average molecular weight is 261 g/mol. The third kappa shape index (κ3) is 2.60. The number of rotatable bonds is 5. The molecule has 2 N–H and O–H groups in total. The molecule has 1 aliphatic rings. The molecule has 7 heteroatoms. The lowest BCUT2D eigenvalue weighted by Gasteiger charge is -2.25. The lowest BCUT2D eigenvalue weighted by atomic mass is 10.1. The molecule has 0 amide bonds. The SMILES string of the molecule is CCn1cnnc1CNC[C@@H]1CNc2ccnn2C1. The summed E-state index contributed by atoms with van der Waals surface area (Å²) < 4.78 is 4.07. The molecule has 0 unspecified atom stereocenters. The fourth-order valence-electron chi connectivity index (χ4n) is 2.39. The summed E-state index contributed by atoms with van der Waals surface area (Å²) in [6.45, 7) is 6.66. The molecule has 1 atom stereocenters. The molecule has 0 aliphatic carbocycles. The third-order valence-electron chi connectivity index (χ3n) is 3.47. The van der Waals surface area contributed by atoms with Crippen molar-refractivity contribution in [1.82, 2.24) is 29.9 Å². The summed E-state index contributed by atoms with van der Waals surface area (Å²) in [6, 6.07) is 2.01. The normalized spacial score (nSPS) is 18.1. The van der Waals surface area contributed by atoms with E-state index in [1.165, 1.54) is 0 Å².